The van der Waals surface area contributed by atoms with Gasteiger partial charge in [-0.2, -0.15) is 0 Å². The maximum Gasteiger partial charge on any atom is 0.251 e. The molecule has 2 amide bonds. The molecule has 24 heavy (non-hydrogen) atoms. The number of benzene rings is 1. The Bertz CT molecular complexity index is 667. The zero-order chi connectivity index (χ0) is 16.7. The number of anilines is 2. The summed E-state index contributed by atoms with van der Waals surface area (Å²) in [6.45, 7) is 0.890. The molecule has 0 bridgehead atoms. The van der Waals surface area contributed by atoms with Crippen LogP contribution in [0.4, 0.5) is 11.4 Å². The van der Waals surface area contributed by atoms with Gasteiger partial charge in [-0.1, -0.05) is 0 Å². The predicted octanol–water partition coefficient (Wildman–Crippen LogP) is 1.64. The molecule has 2 fully saturated rings. The molecule has 0 spiro atoms. The summed E-state index contributed by atoms with van der Waals surface area (Å²) in [4.78, 5) is 26.8. The largest absolute Gasteiger partial charge is 0.393 e. The molecule has 1 unspecified atom stereocenters. The van der Waals surface area contributed by atoms with E-state index in [-0.39, 0.29) is 30.0 Å². The van der Waals surface area contributed by atoms with Gasteiger partial charge in [-0.15, -0.1) is 0 Å². The van der Waals surface area contributed by atoms with Crippen molar-refractivity contribution in [2.75, 3.05) is 16.8 Å². The maximum atomic E-state index is 12.5. The molecule has 0 radical (unpaired) electrons. The lowest BCUT2D eigenvalue weighted by molar-refractivity contribution is -0.117. The Morgan fingerprint density at radius 2 is 2.00 bits per heavy atom. The Morgan fingerprint density at radius 3 is 2.79 bits per heavy atom. The van der Waals surface area contributed by atoms with Crippen molar-refractivity contribution in [3.63, 3.8) is 0 Å². The smallest absolute Gasteiger partial charge is 0.251 e. The van der Waals surface area contributed by atoms with Gasteiger partial charge in [0.2, 0.25) is 5.91 Å². The molecule has 2 aliphatic heterocycles. The fraction of sp³-hybridized carbons (Fsp3) is 0.556. The Morgan fingerprint density at radius 1 is 1.21 bits per heavy atom. The number of carbonyl (C=O) groups excluding carboxylic acids is 2. The molecule has 3 aliphatic rings. The molecule has 1 aromatic carbocycles. The number of fused-ring (bicyclic) bond motifs is 3. The molecule has 0 aromatic heterocycles. The summed E-state index contributed by atoms with van der Waals surface area (Å²) >= 11 is 0. The van der Waals surface area contributed by atoms with Crippen molar-refractivity contribution < 1.29 is 14.7 Å². The molecule has 1 saturated heterocycles. The molecular weight excluding hydrogens is 306 g/mol. The van der Waals surface area contributed by atoms with E-state index in [0.717, 1.165) is 56.4 Å². The molecule has 3 N–H and O–H groups in total. The Hall–Kier alpha value is -2.08. The van der Waals surface area contributed by atoms with Crippen molar-refractivity contribution in [2.45, 2.75) is 56.7 Å². The fourth-order valence-electron chi connectivity index (χ4n) is 4.06. The van der Waals surface area contributed by atoms with E-state index in [1.807, 2.05) is 12.1 Å². The topological polar surface area (TPSA) is 81.7 Å². The van der Waals surface area contributed by atoms with Crippen molar-refractivity contribution in [3.05, 3.63) is 23.8 Å². The highest BCUT2D eigenvalue weighted by Crippen LogP contribution is 2.37. The lowest BCUT2D eigenvalue weighted by Gasteiger charge is -2.33. The number of hydrogen-bond donors (Lipinski definition) is 3. The number of nitrogens with one attached hydrogen (secondary N) is 2. The van der Waals surface area contributed by atoms with Gasteiger partial charge in [0.1, 0.15) is 6.04 Å². The van der Waals surface area contributed by atoms with Crippen molar-refractivity contribution in [1.82, 2.24) is 5.32 Å². The summed E-state index contributed by atoms with van der Waals surface area (Å²) in [5.74, 6) is -0.0872. The van der Waals surface area contributed by atoms with E-state index >= 15 is 0 Å². The standard InChI is InChI=1S/C18H23N3O3/c22-13-6-4-12(5-7-13)19-17(23)11-3-8-15-14(10-11)20-18(24)16-2-1-9-21(15)16/h3,8,10,12-13,16,22H,1-2,4-7,9H2,(H,19,23)(H,20,24). The van der Waals surface area contributed by atoms with Crippen LogP contribution < -0.4 is 15.5 Å². The number of aliphatic hydroxyl groups excluding tert-OH is 1. The lowest BCUT2D eigenvalue weighted by atomic mass is 9.93. The second-order valence-corrected chi connectivity index (χ2v) is 7.05. The van der Waals surface area contributed by atoms with Crippen LogP contribution in [0.3, 0.4) is 0 Å². The molecule has 6 heteroatoms. The monoisotopic (exact) mass is 329 g/mol. The summed E-state index contributed by atoms with van der Waals surface area (Å²) in [6, 6.07) is 5.60. The van der Waals surface area contributed by atoms with Crippen molar-refractivity contribution in [2.24, 2.45) is 0 Å². The number of carbonyl (C=O) groups is 2. The van der Waals surface area contributed by atoms with Crippen LogP contribution in [0.25, 0.3) is 0 Å². The Labute approximate surface area is 141 Å². The zero-order valence-electron chi connectivity index (χ0n) is 13.6. The van der Waals surface area contributed by atoms with Crippen LogP contribution in [-0.4, -0.2) is 41.7 Å². The first-order valence-corrected chi connectivity index (χ1v) is 8.82. The van der Waals surface area contributed by atoms with Crippen LogP contribution in [0, 0.1) is 0 Å². The normalized spacial score (nSPS) is 28.8. The zero-order valence-corrected chi connectivity index (χ0v) is 13.6. The quantitative estimate of drug-likeness (QED) is 0.770. The highest BCUT2D eigenvalue weighted by molar-refractivity contribution is 6.06. The van der Waals surface area contributed by atoms with Gasteiger partial charge >= 0.3 is 0 Å². The van der Waals surface area contributed by atoms with E-state index in [2.05, 4.69) is 15.5 Å². The van der Waals surface area contributed by atoms with Crippen molar-refractivity contribution in [3.8, 4) is 0 Å². The number of hydrogen-bond acceptors (Lipinski definition) is 4. The predicted molar refractivity (Wildman–Crippen MR) is 91.2 cm³/mol. The molecule has 1 saturated carbocycles. The average molecular weight is 329 g/mol. The maximum absolute atomic E-state index is 12.5. The number of aliphatic hydroxyl groups is 1. The number of nitrogens with zero attached hydrogens (tertiary/aromatic N) is 1. The van der Waals surface area contributed by atoms with Crippen LogP contribution in [-0.2, 0) is 4.79 Å². The highest BCUT2D eigenvalue weighted by atomic mass is 16.3. The summed E-state index contributed by atoms with van der Waals surface area (Å²) < 4.78 is 0. The van der Waals surface area contributed by atoms with Gasteiger partial charge in [0.25, 0.3) is 5.91 Å². The van der Waals surface area contributed by atoms with Crippen LogP contribution in [0.5, 0.6) is 0 Å². The van der Waals surface area contributed by atoms with E-state index in [1.54, 1.807) is 6.07 Å². The minimum atomic E-state index is -0.231. The molecule has 1 aromatic rings. The van der Waals surface area contributed by atoms with E-state index < -0.39 is 0 Å². The lowest BCUT2D eigenvalue weighted by Crippen LogP contribution is -2.44. The first kappa shape index (κ1) is 15.4. The van der Waals surface area contributed by atoms with Gasteiger partial charge in [0.15, 0.2) is 0 Å². The molecule has 128 valence electrons. The summed E-state index contributed by atoms with van der Waals surface area (Å²) in [5.41, 5.74) is 2.30. The number of amides is 2. The van der Waals surface area contributed by atoms with Crippen LogP contribution >= 0.6 is 0 Å². The molecule has 6 nitrogen and oxygen atoms in total. The van der Waals surface area contributed by atoms with E-state index in [4.69, 9.17) is 0 Å². The minimum Gasteiger partial charge on any atom is -0.393 e. The average Bonchev–Trinajstić information content (AvgIpc) is 3.07. The fourth-order valence-corrected chi connectivity index (χ4v) is 4.06. The summed E-state index contributed by atoms with van der Waals surface area (Å²) in [6.07, 6.45) is 4.77. The number of rotatable bonds is 2. The van der Waals surface area contributed by atoms with E-state index in [0.29, 0.717) is 5.56 Å². The Balaban J connectivity index is 1.50. The van der Waals surface area contributed by atoms with Crippen molar-refractivity contribution in [1.29, 1.82) is 0 Å². The van der Waals surface area contributed by atoms with Crippen molar-refractivity contribution >= 4 is 23.2 Å². The third kappa shape index (κ3) is 2.75. The molecule has 4 rings (SSSR count). The first-order valence-electron chi connectivity index (χ1n) is 8.82. The van der Waals surface area contributed by atoms with Gasteiger partial charge in [0, 0.05) is 18.2 Å². The van der Waals surface area contributed by atoms with Crippen LogP contribution in [0.15, 0.2) is 18.2 Å². The summed E-state index contributed by atoms with van der Waals surface area (Å²) in [5, 5.41) is 15.5. The highest BCUT2D eigenvalue weighted by Gasteiger charge is 2.36. The second kappa shape index (κ2) is 6.09. The molecule has 1 aliphatic carbocycles. The van der Waals surface area contributed by atoms with Gasteiger partial charge in [-0.05, 0) is 56.7 Å². The molecular formula is C18H23N3O3. The SMILES string of the molecule is O=C(NC1CCC(O)CC1)c1ccc2c(c1)NC(=O)C1CCCN21. The van der Waals surface area contributed by atoms with Gasteiger partial charge in [-0.25, -0.2) is 0 Å². The molecule has 2 heterocycles. The van der Waals surface area contributed by atoms with E-state index in [1.165, 1.54) is 0 Å². The van der Waals surface area contributed by atoms with Crippen LogP contribution in [0.2, 0.25) is 0 Å². The van der Waals surface area contributed by atoms with Gasteiger partial charge < -0.3 is 20.6 Å². The second-order valence-electron chi connectivity index (χ2n) is 7.05. The first-order chi connectivity index (χ1) is 11.6. The minimum absolute atomic E-state index is 0.0267. The van der Waals surface area contributed by atoms with E-state index in [9.17, 15) is 14.7 Å². The third-order valence-corrected chi connectivity index (χ3v) is 5.41. The third-order valence-electron chi connectivity index (χ3n) is 5.41. The van der Waals surface area contributed by atoms with Gasteiger partial charge in [0.05, 0.1) is 17.5 Å². The van der Waals surface area contributed by atoms with Crippen LogP contribution in [0.1, 0.15) is 48.9 Å². The Kier molecular flexibility index (Phi) is 3.92. The van der Waals surface area contributed by atoms with Gasteiger partial charge in [-0.3, -0.25) is 9.59 Å². The molecule has 1 atom stereocenters. The summed E-state index contributed by atoms with van der Waals surface area (Å²) in [7, 11) is 0.